The second-order valence-corrected chi connectivity index (χ2v) is 5.02. The highest BCUT2D eigenvalue weighted by atomic mass is 16.5. The van der Waals surface area contributed by atoms with Crippen LogP contribution in [0.1, 0.15) is 17.8 Å². The first-order valence-electron chi connectivity index (χ1n) is 7.33. The number of rotatable bonds is 8. The molecule has 0 amide bonds. The van der Waals surface area contributed by atoms with Gasteiger partial charge in [0.15, 0.2) is 6.61 Å². The summed E-state index contributed by atoms with van der Waals surface area (Å²) in [5, 5.41) is 11.8. The lowest BCUT2D eigenvalue weighted by Crippen LogP contribution is -2.12. The van der Waals surface area contributed by atoms with Crippen LogP contribution in [0.5, 0.6) is 5.75 Å². The first kappa shape index (κ1) is 18.1. The maximum absolute atomic E-state index is 11.7. The number of tetrazole rings is 1. The molecule has 0 aliphatic carbocycles. The fourth-order valence-electron chi connectivity index (χ4n) is 1.85. The van der Waals surface area contributed by atoms with Crippen molar-refractivity contribution in [3.8, 4) is 5.75 Å². The summed E-state index contributed by atoms with van der Waals surface area (Å²) in [6.45, 7) is 3.73. The number of carbonyl (C=O) groups is 2. The first-order chi connectivity index (χ1) is 12.0. The number of methoxy groups -OCH3 is 2. The van der Waals surface area contributed by atoms with Gasteiger partial charge in [-0.05, 0) is 22.9 Å². The summed E-state index contributed by atoms with van der Waals surface area (Å²) >= 11 is 0. The van der Waals surface area contributed by atoms with Crippen molar-refractivity contribution in [2.24, 2.45) is 0 Å². The Bertz CT molecular complexity index is 754. The molecule has 0 aliphatic heterocycles. The summed E-state index contributed by atoms with van der Waals surface area (Å²) in [5.74, 6) is -0.273. The van der Waals surface area contributed by atoms with Crippen LogP contribution in [0, 0.1) is 0 Å². The van der Waals surface area contributed by atoms with Gasteiger partial charge in [0.25, 0.3) is 0 Å². The van der Waals surface area contributed by atoms with Crippen LogP contribution in [0.25, 0.3) is 0 Å². The molecule has 0 atom stereocenters. The van der Waals surface area contributed by atoms with Gasteiger partial charge in [-0.25, -0.2) is 4.79 Å². The molecular formula is C16H18N4O5. The highest BCUT2D eigenvalue weighted by Gasteiger charge is 2.15. The summed E-state index contributed by atoms with van der Waals surface area (Å²) in [6.07, 6.45) is -0.229. The molecule has 0 saturated carbocycles. The number of benzene rings is 1. The summed E-state index contributed by atoms with van der Waals surface area (Å²) in [4.78, 5) is 24.2. The zero-order valence-electron chi connectivity index (χ0n) is 14.0. The molecule has 1 heterocycles. The lowest BCUT2D eigenvalue weighted by atomic mass is 10.2. The van der Waals surface area contributed by atoms with Gasteiger partial charge in [-0.1, -0.05) is 18.7 Å². The summed E-state index contributed by atoms with van der Waals surface area (Å²) in [6, 6.07) is 7.45. The number of carbonyl (C=O) groups excluding carboxylic acids is 2. The average molecular weight is 346 g/mol. The van der Waals surface area contributed by atoms with Crippen molar-refractivity contribution in [2.45, 2.75) is 19.6 Å². The smallest absolute Gasteiger partial charge is 0.334 e. The Kier molecular flexibility index (Phi) is 6.21. The van der Waals surface area contributed by atoms with Crippen LogP contribution in [-0.2, 0) is 32.2 Å². The van der Waals surface area contributed by atoms with E-state index in [-0.39, 0.29) is 24.4 Å². The number of hydrogen-bond acceptors (Lipinski definition) is 8. The van der Waals surface area contributed by atoms with Crippen LogP contribution in [-0.4, -0.2) is 46.4 Å². The van der Waals surface area contributed by atoms with Gasteiger partial charge >= 0.3 is 11.9 Å². The minimum absolute atomic E-state index is 0.00234. The highest BCUT2D eigenvalue weighted by molar-refractivity contribution is 5.93. The molecule has 1 aromatic carbocycles. The Morgan fingerprint density at radius 2 is 1.92 bits per heavy atom. The number of hydrogen-bond donors (Lipinski definition) is 0. The van der Waals surface area contributed by atoms with E-state index in [9.17, 15) is 9.59 Å². The zero-order valence-corrected chi connectivity index (χ0v) is 14.0. The fraction of sp³-hybridized carbons (Fsp3) is 0.312. The number of esters is 2. The second-order valence-electron chi connectivity index (χ2n) is 5.02. The maximum Gasteiger partial charge on any atom is 0.334 e. The topological polar surface area (TPSA) is 105 Å². The largest absolute Gasteiger partial charge is 0.497 e. The highest BCUT2D eigenvalue weighted by Crippen LogP contribution is 2.11. The third-order valence-corrected chi connectivity index (χ3v) is 3.18. The third-order valence-electron chi connectivity index (χ3n) is 3.18. The molecular weight excluding hydrogens is 328 g/mol. The number of ether oxygens (including phenoxy) is 3. The lowest BCUT2D eigenvalue weighted by molar-refractivity contribution is -0.145. The summed E-state index contributed by atoms with van der Waals surface area (Å²) in [5.41, 5.74) is 0.964. The average Bonchev–Trinajstić information content (AvgIpc) is 3.07. The molecule has 0 fully saturated rings. The minimum Gasteiger partial charge on any atom is -0.497 e. The number of nitrogens with zero attached hydrogens (tertiary/aromatic N) is 4. The van der Waals surface area contributed by atoms with E-state index < -0.39 is 11.9 Å². The third kappa shape index (κ3) is 5.41. The van der Waals surface area contributed by atoms with E-state index >= 15 is 0 Å². The molecule has 0 radical (unpaired) electrons. The van der Waals surface area contributed by atoms with Crippen LogP contribution in [0.2, 0.25) is 0 Å². The maximum atomic E-state index is 11.7. The molecule has 0 saturated heterocycles. The molecule has 2 rings (SSSR count). The van der Waals surface area contributed by atoms with Crippen molar-refractivity contribution in [1.82, 2.24) is 20.2 Å². The van der Waals surface area contributed by atoms with Crippen molar-refractivity contribution in [1.29, 1.82) is 0 Å². The Morgan fingerprint density at radius 1 is 1.20 bits per heavy atom. The van der Waals surface area contributed by atoms with Crippen molar-refractivity contribution in [3.05, 3.63) is 47.8 Å². The van der Waals surface area contributed by atoms with Crippen LogP contribution in [0.4, 0.5) is 0 Å². The van der Waals surface area contributed by atoms with Gasteiger partial charge in [0.2, 0.25) is 5.82 Å². The lowest BCUT2D eigenvalue weighted by Gasteiger charge is -2.04. The second kappa shape index (κ2) is 8.57. The normalized spacial score (nSPS) is 10.2. The Morgan fingerprint density at radius 3 is 2.56 bits per heavy atom. The van der Waals surface area contributed by atoms with Crippen molar-refractivity contribution >= 4 is 11.9 Å². The van der Waals surface area contributed by atoms with Gasteiger partial charge < -0.3 is 14.2 Å². The van der Waals surface area contributed by atoms with Crippen LogP contribution >= 0.6 is 0 Å². The van der Waals surface area contributed by atoms with Gasteiger partial charge in [-0.15, -0.1) is 10.2 Å². The van der Waals surface area contributed by atoms with Crippen molar-refractivity contribution in [2.75, 3.05) is 14.2 Å². The Labute approximate surface area is 144 Å². The molecule has 2 aromatic rings. The van der Waals surface area contributed by atoms with E-state index in [1.54, 1.807) is 7.11 Å². The quantitative estimate of drug-likeness (QED) is 0.512. The molecule has 0 spiro atoms. The van der Waals surface area contributed by atoms with E-state index in [1.165, 1.54) is 11.9 Å². The first-order valence-corrected chi connectivity index (χ1v) is 7.33. The molecule has 0 bridgehead atoms. The van der Waals surface area contributed by atoms with E-state index in [4.69, 9.17) is 9.47 Å². The van der Waals surface area contributed by atoms with E-state index in [2.05, 4.69) is 26.7 Å². The standard InChI is InChI=1S/C16H18N4O5/c1-11(8-15(21)24-3)16(22)25-10-14-17-19-20(18-14)9-12-4-6-13(23-2)7-5-12/h4-7H,1,8-10H2,2-3H3. The predicted molar refractivity (Wildman–Crippen MR) is 85.5 cm³/mol. The van der Waals surface area contributed by atoms with E-state index in [0.29, 0.717) is 6.54 Å². The van der Waals surface area contributed by atoms with Crippen LogP contribution in [0.15, 0.2) is 36.4 Å². The molecule has 0 unspecified atom stereocenters. The molecule has 0 N–H and O–H groups in total. The van der Waals surface area contributed by atoms with Gasteiger partial charge in [-0.3, -0.25) is 4.79 Å². The molecule has 9 nitrogen and oxygen atoms in total. The monoisotopic (exact) mass is 346 g/mol. The summed E-state index contributed by atoms with van der Waals surface area (Å²) < 4.78 is 14.5. The van der Waals surface area contributed by atoms with E-state index in [1.807, 2.05) is 24.3 Å². The SMILES string of the molecule is C=C(CC(=O)OC)C(=O)OCc1nnn(Cc2ccc(OC)cc2)n1. The van der Waals surface area contributed by atoms with E-state index in [0.717, 1.165) is 11.3 Å². The molecule has 1 aromatic heterocycles. The predicted octanol–water partition coefficient (Wildman–Crippen LogP) is 0.892. The number of aromatic nitrogens is 4. The van der Waals surface area contributed by atoms with Crippen LogP contribution < -0.4 is 4.74 Å². The Balaban J connectivity index is 1.85. The minimum atomic E-state index is -0.711. The Hall–Kier alpha value is -3.23. The van der Waals surface area contributed by atoms with Gasteiger partial charge in [0, 0.05) is 5.57 Å². The van der Waals surface area contributed by atoms with Gasteiger partial charge in [0.05, 0.1) is 27.2 Å². The summed E-state index contributed by atoms with van der Waals surface area (Å²) in [7, 11) is 2.83. The van der Waals surface area contributed by atoms with Crippen LogP contribution in [0.3, 0.4) is 0 Å². The zero-order chi connectivity index (χ0) is 18.2. The molecule has 132 valence electrons. The fourth-order valence-corrected chi connectivity index (χ4v) is 1.85. The van der Waals surface area contributed by atoms with Crippen molar-refractivity contribution in [3.63, 3.8) is 0 Å². The molecule has 9 heteroatoms. The molecule has 0 aliphatic rings. The van der Waals surface area contributed by atoms with Gasteiger partial charge in [-0.2, -0.15) is 4.80 Å². The van der Waals surface area contributed by atoms with Gasteiger partial charge in [0.1, 0.15) is 5.75 Å². The van der Waals surface area contributed by atoms with Crippen molar-refractivity contribution < 1.29 is 23.8 Å². The molecule has 25 heavy (non-hydrogen) atoms.